The normalized spacial score (nSPS) is 16.8. The molecule has 0 spiro atoms. The standard InChI is InChI=1S/C23H30ClN5O6/c1-14(2)35-19-9-8-17(10-20(19)33-3)26-21-27-22(31)29(12-18(30)13-34-25)23(32)28(21)11-15-4-6-16(24)7-5-15/h4-10,14,18,21,26,30H,11-13,25H2,1-3H3,(H,27,31). The second-order valence-electron chi connectivity index (χ2n) is 8.16. The number of methoxy groups -OCH3 is 1. The zero-order valence-corrected chi connectivity index (χ0v) is 20.5. The Bertz CT molecular complexity index is 1020. The number of imide groups is 1. The molecule has 190 valence electrons. The minimum atomic E-state index is -1.14. The Kier molecular flexibility index (Phi) is 8.99. The Morgan fingerprint density at radius 2 is 1.89 bits per heavy atom. The van der Waals surface area contributed by atoms with Crippen LogP contribution in [0.5, 0.6) is 11.5 Å². The number of amides is 4. The first-order chi connectivity index (χ1) is 16.7. The Morgan fingerprint density at radius 3 is 2.51 bits per heavy atom. The van der Waals surface area contributed by atoms with Crippen molar-refractivity contribution in [3.05, 3.63) is 53.1 Å². The first-order valence-electron chi connectivity index (χ1n) is 11.0. The number of rotatable bonds is 11. The summed E-state index contributed by atoms with van der Waals surface area (Å²) >= 11 is 5.99. The SMILES string of the molecule is COc1cc(NC2NC(=O)N(CC(O)CON)C(=O)N2Cc2ccc(Cl)cc2)ccc1OC(C)C. The van der Waals surface area contributed by atoms with E-state index < -0.39 is 24.5 Å². The summed E-state index contributed by atoms with van der Waals surface area (Å²) in [7, 11) is 1.53. The van der Waals surface area contributed by atoms with Gasteiger partial charge in [0.25, 0.3) is 0 Å². The maximum atomic E-state index is 13.3. The molecule has 1 fully saturated rings. The van der Waals surface area contributed by atoms with Crippen LogP contribution < -0.4 is 26.0 Å². The molecule has 0 aromatic heterocycles. The molecule has 11 nitrogen and oxygen atoms in total. The summed E-state index contributed by atoms with van der Waals surface area (Å²) < 4.78 is 11.2. The van der Waals surface area contributed by atoms with Crippen LogP contribution in [0.15, 0.2) is 42.5 Å². The summed E-state index contributed by atoms with van der Waals surface area (Å²) in [6, 6.07) is 10.9. The van der Waals surface area contributed by atoms with Crippen molar-refractivity contribution in [3.8, 4) is 11.5 Å². The molecule has 2 atom stereocenters. The Morgan fingerprint density at radius 1 is 1.17 bits per heavy atom. The summed E-state index contributed by atoms with van der Waals surface area (Å²) in [5.41, 5.74) is 1.37. The van der Waals surface area contributed by atoms with Crippen molar-refractivity contribution in [2.75, 3.05) is 25.6 Å². The van der Waals surface area contributed by atoms with Gasteiger partial charge in [0.2, 0.25) is 0 Å². The molecule has 1 aliphatic rings. The quantitative estimate of drug-likeness (QED) is 0.340. The van der Waals surface area contributed by atoms with E-state index in [0.717, 1.165) is 10.5 Å². The molecule has 3 rings (SSSR count). The van der Waals surface area contributed by atoms with E-state index in [9.17, 15) is 14.7 Å². The van der Waals surface area contributed by atoms with E-state index in [1.807, 2.05) is 13.8 Å². The number of aliphatic hydroxyl groups excluding tert-OH is 1. The van der Waals surface area contributed by atoms with Crippen LogP contribution in [-0.2, 0) is 11.4 Å². The van der Waals surface area contributed by atoms with Crippen molar-refractivity contribution in [1.82, 2.24) is 15.1 Å². The van der Waals surface area contributed by atoms with Crippen LogP contribution in [0, 0.1) is 0 Å². The predicted molar refractivity (Wildman–Crippen MR) is 130 cm³/mol. The van der Waals surface area contributed by atoms with Gasteiger partial charge in [-0.25, -0.2) is 20.4 Å². The first-order valence-corrected chi connectivity index (χ1v) is 11.3. The molecule has 2 aromatic rings. The van der Waals surface area contributed by atoms with E-state index >= 15 is 0 Å². The van der Waals surface area contributed by atoms with Gasteiger partial charge < -0.3 is 24.7 Å². The highest BCUT2D eigenvalue weighted by molar-refractivity contribution is 6.30. The number of urea groups is 2. The van der Waals surface area contributed by atoms with Gasteiger partial charge in [-0.15, -0.1) is 0 Å². The van der Waals surface area contributed by atoms with Crippen molar-refractivity contribution in [3.63, 3.8) is 0 Å². The van der Waals surface area contributed by atoms with E-state index in [-0.39, 0.29) is 25.8 Å². The number of benzene rings is 2. The topological polar surface area (TPSA) is 139 Å². The number of hydrogen-bond donors (Lipinski definition) is 4. The number of hydrogen-bond acceptors (Lipinski definition) is 8. The van der Waals surface area contributed by atoms with Crippen LogP contribution in [-0.4, -0.2) is 65.7 Å². The monoisotopic (exact) mass is 507 g/mol. The van der Waals surface area contributed by atoms with Crippen LogP contribution in [0.25, 0.3) is 0 Å². The average Bonchev–Trinajstić information content (AvgIpc) is 2.81. The van der Waals surface area contributed by atoms with E-state index in [4.69, 9.17) is 27.0 Å². The number of nitrogens with zero attached hydrogens (tertiary/aromatic N) is 2. The molecule has 1 heterocycles. The first kappa shape index (κ1) is 26.4. The Hall–Kier alpha value is -3.25. The fraction of sp³-hybridized carbons (Fsp3) is 0.391. The van der Waals surface area contributed by atoms with Crippen LogP contribution in [0.3, 0.4) is 0 Å². The number of β-amino-alcohol motifs (C(OH)–C–C–N with tert-alkyl or cyclic N) is 1. The number of carbonyl (C=O) groups is 2. The molecule has 2 aromatic carbocycles. The number of ether oxygens (including phenoxy) is 2. The van der Waals surface area contributed by atoms with Gasteiger partial charge in [0.1, 0.15) is 0 Å². The maximum Gasteiger partial charge on any atom is 0.331 e. The highest BCUT2D eigenvalue weighted by atomic mass is 35.5. The predicted octanol–water partition coefficient (Wildman–Crippen LogP) is 2.73. The average molecular weight is 508 g/mol. The van der Waals surface area contributed by atoms with E-state index in [2.05, 4.69) is 15.5 Å². The van der Waals surface area contributed by atoms with Gasteiger partial charge in [0.05, 0.1) is 39.0 Å². The number of halogens is 1. The molecule has 0 aliphatic carbocycles. The van der Waals surface area contributed by atoms with Crippen molar-refractivity contribution in [1.29, 1.82) is 0 Å². The zero-order valence-electron chi connectivity index (χ0n) is 19.7. The van der Waals surface area contributed by atoms with Gasteiger partial charge in [0, 0.05) is 16.8 Å². The van der Waals surface area contributed by atoms with Gasteiger partial charge >= 0.3 is 12.1 Å². The molecule has 0 saturated carbocycles. The van der Waals surface area contributed by atoms with E-state index in [0.29, 0.717) is 22.2 Å². The van der Waals surface area contributed by atoms with Crippen LogP contribution in [0.1, 0.15) is 19.4 Å². The fourth-order valence-corrected chi connectivity index (χ4v) is 3.61. The molecule has 1 aliphatic heterocycles. The summed E-state index contributed by atoms with van der Waals surface area (Å²) in [6.07, 6.45) is -2.08. The van der Waals surface area contributed by atoms with Gasteiger partial charge in [-0.2, -0.15) is 0 Å². The number of carbonyl (C=O) groups excluding carboxylic acids is 2. The lowest BCUT2D eigenvalue weighted by Crippen LogP contribution is -2.67. The molecule has 1 saturated heterocycles. The third kappa shape index (κ3) is 6.89. The van der Waals surface area contributed by atoms with Gasteiger partial charge in [-0.3, -0.25) is 10.2 Å². The van der Waals surface area contributed by atoms with Crippen molar-refractivity contribution < 1.29 is 29.0 Å². The largest absolute Gasteiger partial charge is 0.493 e. The van der Waals surface area contributed by atoms with Crippen LogP contribution >= 0.6 is 11.6 Å². The zero-order chi connectivity index (χ0) is 25.5. The van der Waals surface area contributed by atoms with Crippen molar-refractivity contribution >= 4 is 29.4 Å². The number of aliphatic hydroxyl groups is 1. The number of nitrogens with one attached hydrogen (secondary N) is 2. The van der Waals surface area contributed by atoms with Gasteiger partial charge in [-0.05, 0) is 43.7 Å². The highest BCUT2D eigenvalue weighted by Crippen LogP contribution is 2.31. The fourth-order valence-electron chi connectivity index (χ4n) is 3.49. The molecule has 4 amide bonds. The van der Waals surface area contributed by atoms with Crippen molar-refractivity contribution in [2.24, 2.45) is 5.90 Å². The minimum Gasteiger partial charge on any atom is -0.493 e. The smallest absolute Gasteiger partial charge is 0.331 e. The molecule has 2 unspecified atom stereocenters. The second kappa shape index (κ2) is 11.9. The summed E-state index contributed by atoms with van der Waals surface area (Å²) in [5, 5.41) is 16.5. The summed E-state index contributed by atoms with van der Waals surface area (Å²) in [6.45, 7) is 3.44. The van der Waals surface area contributed by atoms with Gasteiger partial charge in [-0.1, -0.05) is 23.7 Å². The number of nitrogens with two attached hydrogens (primary N) is 1. The lowest BCUT2D eigenvalue weighted by atomic mass is 10.2. The molecule has 0 bridgehead atoms. The molecule has 35 heavy (non-hydrogen) atoms. The maximum absolute atomic E-state index is 13.3. The van der Waals surface area contributed by atoms with Crippen molar-refractivity contribution in [2.45, 2.75) is 38.9 Å². The minimum absolute atomic E-state index is 0.0427. The van der Waals surface area contributed by atoms with Crippen LogP contribution in [0.2, 0.25) is 5.02 Å². The summed E-state index contributed by atoms with van der Waals surface area (Å²) in [4.78, 5) is 32.9. The highest BCUT2D eigenvalue weighted by Gasteiger charge is 2.39. The lowest BCUT2D eigenvalue weighted by molar-refractivity contribution is 0.0188. The number of anilines is 1. The third-order valence-electron chi connectivity index (χ3n) is 5.07. The molecule has 5 N–H and O–H groups in total. The second-order valence-corrected chi connectivity index (χ2v) is 8.60. The van der Waals surface area contributed by atoms with E-state index in [1.54, 1.807) is 42.5 Å². The molecular weight excluding hydrogens is 478 g/mol. The van der Waals surface area contributed by atoms with Gasteiger partial charge in [0.15, 0.2) is 17.8 Å². The Labute approximate surface area is 208 Å². The molecule has 12 heteroatoms. The lowest BCUT2D eigenvalue weighted by Gasteiger charge is -2.41. The Balaban J connectivity index is 1.86. The van der Waals surface area contributed by atoms with E-state index in [1.165, 1.54) is 12.0 Å². The molecular formula is C23H30ClN5O6. The molecule has 0 radical (unpaired) electrons. The third-order valence-corrected chi connectivity index (χ3v) is 5.32. The summed E-state index contributed by atoms with van der Waals surface area (Å²) in [5.74, 6) is 6.06. The van der Waals surface area contributed by atoms with Crippen LogP contribution in [0.4, 0.5) is 15.3 Å².